The average Bonchev–Trinajstić information content (AvgIpc) is 3.00. The summed E-state index contributed by atoms with van der Waals surface area (Å²) in [5.74, 6) is -0.0235. The molecule has 1 aromatic carbocycles. The second-order valence-electron chi connectivity index (χ2n) is 9.00. The molecule has 0 bridgehead atoms. The van der Waals surface area contributed by atoms with E-state index in [0.717, 1.165) is 24.2 Å². The highest BCUT2D eigenvalue weighted by molar-refractivity contribution is 6.05. The van der Waals surface area contributed by atoms with Gasteiger partial charge >= 0.3 is 0 Å². The smallest absolute Gasteiger partial charge is 0.255 e. The highest BCUT2D eigenvalue weighted by atomic mass is 16.2. The average molecular weight is 396 g/mol. The summed E-state index contributed by atoms with van der Waals surface area (Å²) in [6.45, 7) is 3.00. The lowest BCUT2D eigenvalue weighted by Gasteiger charge is -2.59. The van der Waals surface area contributed by atoms with Gasteiger partial charge in [-0.05, 0) is 61.8 Å². The van der Waals surface area contributed by atoms with E-state index in [4.69, 9.17) is 5.73 Å². The van der Waals surface area contributed by atoms with Gasteiger partial charge in [-0.2, -0.15) is 0 Å². The molecule has 2 saturated heterocycles. The first-order chi connectivity index (χ1) is 14.0. The van der Waals surface area contributed by atoms with E-state index in [-0.39, 0.29) is 29.7 Å². The van der Waals surface area contributed by atoms with Gasteiger partial charge in [0.1, 0.15) is 6.04 Å². The number of fused-ring (bicyclic) bond motifs is 2. The van der Waals surface area contributed by atoms with Crippen LogP contribution in [0.1, 0.15) is 60.0 Å². The number of nitrogens with zero attached hydrogens (tertiary/aromatic N) is 2. The summed E-state index contributed by atoms with van der Waals surface area (Å²) in [6.07, 6.45) is 5.60. The quantitative estimate of drug-likeness (QED) is 0.745. The Bertz CT molecular complexity index is 881. The zero-order valence-corrected chi connectivity index (χ0v) is 16.7. The van der Waals surface area contributed by atoms with Gasteiger partial charge in [0.15, 0.2) is 0 Å². The number of amides is 3. The first-order valence-corrected chi connectivity index (χ1v) is 10.7. The van der Waals surface area contributed by atoms with Crippen molar-refractivity contribution in [1.82, 2.24) is 15.1 Å². The minimum atomic E-state index is -0.561. The molecule has 1 aliphatic carbocycles. The van der Waals surface area contributed by atoms with Gasteiger partial charge < -0.3 is 10.6 Å². The number of hydrogen-bond donors (Lipinski definition) is 2. The molecule has 0 spiro atoms. The van der Waals surface area contributed by atoms with E-state index >= 15 is 0 Å². The molecule has 1 saturated carbocycles. The summed E-state index contributed by atoms with van der Waals surface area (Å²) in [5, 5.41) is 2.35. The predicted molar refractivity (Wildman–Crippen MR) is 107 cm³/mol. The van der Waals surface area contributed by atoms with Crippen LogP contribution < -0.4 is 11.1 Å². The molecule has 3 N–H and O–H groups in total. The molecular weight excluding hydrogens is 368 g/mol. The van der Waals surface area contributed by atoms with Crippen molar-refractivity contribution in [2.24, 2.45) is 11.7 Å². The van der Waals surface area contributed by atoms with E-state index in [1.54, 1.807) is 4.90 Å². The van der Waals surface area contributed by atoms with E-state index in [2.05, 4.69) is 16.3 Å². The third-order valence-corrected chi connectivity index (χ3v) is 7.62. The fourth-order valence-electron chi connectivity index (χ4n) is 5.82. The number of nitrogens with two attached hydrogens (primary N) is 1. The maximum Gasteiger partial charge on any atom is 0.255 e. The predicted octanol–water partition coefficient (Wildman–Crippen LogP) is 1.15. The van der Waals surface area contributed by atoms with Crippen LogP contribution in [0.5, 0.6) is 0 Å². The molecule has 7 nitrogen and oxygen atoms in total. The normalized spacial score (nSPS) is 31.9. The minimum absolute atomic E-state index is 0.106. The Balaban J connectivity index is 1.34. The van der Waals surface area contributed by atoms with Crippen LogP contribution in [-0.4, -0.2) is 52.2 Å². The number of hydrogen-bond acceptors (Lipinski definition) is 5. The molecule has 0 aromatic heterocycles. The summed E-state index contributed by atoms with van der Waals surface area (Å²) in [4.78, 5) is 40.8. The van der Waals surface area contributed by atoms with Crippen LogP contribution in [0.3, 0.4) is 0 Å². The second-order valence-corrected chi connectivity index (χ2v) is 9.00. The summed E-state index contributed by atoms with van der Waals surface area (Å²) in [6, 6.07) is 5.56. The fraction of sp³-hybridized carbons (Fsp3) is 0.591. The van der Waals surface area contributed by atoms with Gasteiger partial charge in [0.2, 0.25) is 11.8 Å². The van der Waals surface area contributed by atoms with Crippen LogP contribution in [0, 0.1) is 5.92 Å². The Labute approximate surface area is 170 Å². The van der Waals surface area contributed by atoms with Gasteiger partial charge in [-0.1, -0.05) is 12.1 Å². The van der Waals surface area contributed by atoms with Crippen LogP contribution in [0.4, 0.5) is 0 Å². The van der Waals surface area contributed by atoms with E-state index in [9.17, 15) is 14.4 Å². The molecule has 1 aromatic rings. The molecule has 7 heteroatoms. The number of imide groups is 1. The Kier molecular flexibility index (Phi) is 4.47. The Morgan fingerprint density at radius 2 is 2.03 bits per heavy atom. The Morgan fingerprint density at radius 3 is 2.76 bits per heavy atom. The summed E-state index contributed by atoms with van der Waals surface area (Å²) < 4.78 is 0. The summed E-state index contributed by atoms with van der Waals surface area (Å²) >= 11 is 0. The molecule has 3 heterocycles. The molecule has 3 amide bonds. The molecule has 3 fully saturated rings. The minimum Gasteiger partial charge on any atom is -0.329 e. The Morgan fingerprint density at radius 1 is 1.17 bits per heavy atom. The topological polar surface area (TPSA) is 95.7 Å². The van der Waals surface area contributed by atoms with Gasteiger partial charge in [-0.15, -0.1) is 0 Å². The van der Waals surface area contributed by atoms with Crippen molar-refractivity contribution in [3.63, 3.8) is 0 Å². The van der Waals surface area contributed by atoms with E-state index in [1.807, 2.05) is 12.1 Å². The maximum atomic E-state index is 13.0. The summed E-state index contributed by atoms with van der Waals surface area (Å²) in [5.41, 5.74) is 9.11. The van der Waals surface area contributed by atoms with Crippen LogP contribution >= 0.6 is 0 Å². The number of nitrogens with one attached hydrogen (secondary N) is 1. The molecule has 29 heavy (non-hydrogen) atoms. The standard InChI is InChI=1S/C22H28N4O3/c23-13-22-8-7-16(22)2-1-9-25(22)11-14-3-4-15-12-26(21(29)17(15)10-14)18-5-6-19(27)24-20(18)28/h3-4,10,16,18H,1-2,5-9,11-13,23H2,(H,24,27,28). The van der Waals surface area contributed by atoms with Crippen LogP contribution in [0.25, 0.3) is 0 Å². The molecule has 5 rings (SSSR count). The number of rotatable bonds is 4. The molecule has 3 unspecified atom stereocenters. The lowest BCUT2D eigenvalue weighted by Crippen LogP contribution is -2.66. The van der Waals surface area contributed by atoms with Crippen molar-refractivity contribution in [3.05, 3.63) is 34.9 Å². The monoisotopic (exact) mass is 396 g/mol. The van der Waals surface area contributed by atoms with Crippen molar-refractivity contribution in [2.75, 3.05) is 13.1 Å². The van der Waals surface area contributed by atoms with Crippen molar-refractivity contribution >= 4 is 17.7 Å². The first-order valence-electron chi connectivity index (χ1n) is 10.7. The van der Waals surface area contributed by atoms with Gasteiger partial charge in [0.05, 0.1) is 0 Å². The third kappa shape index (κ3) is 2.90. The largest absolute Gasteiger partial charge is 0.329 e. The first kappa shape index (κ1) is 18.8. The van der Waals surface area contributed by atoms with Crippen molar-refractivity contribution in [1.29, 1.82) is 0 Å². The molecule has 3 aliphatic heterocycles. The number of benzene rings is 1. The molecule has 4 aliphatic rings. The van der Waals surface area contributed by atoms with Crippen molar-refractivity contribution in [3.8, 4) is 0 Å². The van der Waals surface area contributed by atoms with E-state index in [0.29, 0.717) is 31.0 Å². The Hall–Kier alpha value is -2.25. The van der Waals surface area contributed by atoms with E-state index < -0.39 is 6.04 Å². The number of carbonyl (C=O) groups is 3. The van der Waals surface area contributed by atoms with Crippen LogP contribution in [0.15, 0.2) is 18.2 Å². The molecule has 154 valence electrons. The van der Waals surface area contributed by atoms with Crippen LogP contribution in [-0.2, 0) is 22.7 Å². The maximum absolute atomic E-state index is 13.0. The summed E-state index contributed by atoms with van der Waals surface area (Å²) in [7, 11) is 0. The number of likely N-dealkylation sites (tertiary alicyclic amines) is 1. The third-order valence-electron chi connectivity index (χ3n) is 7.62. The number of carbonyl (C=O) groups excluding carboxylic acids is 3. The van der Waals surface area contributed by atoms with Gasteiger partial charge in [0, 0.05) is 37.2 Å². The lowest BCUT2D eigenvalue weighted by atomic mass is 9.61. The zero-order chi connectivity index (χ0) is 20.2. The molecule has 0 radical (unpaired) electrons. The van der Waals surface area contributed by atoms with Gasteiger partial charge in [0.25, 0.3) is 5.91 Å². The molecular formula is C22H28N4O3. The van der Waals surface area contributed by atoms with Crippen molar-refractivity contribution in [2.45, 2.75) is 63.2 Å². The lowest BCUT2D eigenvalue weighted by molar-refractivity contribution is -0.136. The molecule has 3 atom stereocenters. The number of piperidine rings is 2. The zero-order valence-electron chi connectivity index (χ0n) is 16.7. The fourth-order valence-corrected chi connectivity index (χ4v) is 5.82. The highest BCUT2D eigenvalue weighted by Crippen LogP contribution is 2.48. The van der Waals surface area contributed by atoms with E-state index in [1.165, 1.54) is 25.7 Å². The SMILES string of the molecule is NCC12CCC1CCCN2Cc1ccc2c(c1)C(=O)N(C1CCC(=O)NC1=O)C2. The van der Waals surface area contributed by atoms with Gasteiger partial charge in [-0.3, -0.25) is 24.6 Å². The highest BCUT2D eigenvalue weighted by Gasteiger charge is 2.51. The second kappa shape index (κ2) is 6.92. The van der Waals surface area contributed by atoms with Gasteiger partial charge in [-0.25, -0.2) is 0 Å². The van der Waals surface area contributed by atoms with Crippen LogP contribution in [0.2, 0.25) is 0 Å². The van der Waals surface area contributed by atoms with Crippen molar-refractivity contribution < 1.29 is 14.4 Å².